The zero-order valence-corrected chi connectivity index (χ0v) is 18.2. The van der Waals surface area contributed by atoms with Crippen molar-refractivity contribution in [3.8, 4) is 0 Å². The number of amides is 1. The van der Waals surface area contributed by atoms with Crippen LogP contribution >= 0.6 is 0 Å². The number of piperidine rings is 1. The molecule has 1 aromatic heterocycles. The van der Waals surface area contributed by atoms with Crippen molar-refractivity contribution in [1.29, 1.82) is 0 Å². The van der Waals surface area contributed by atoms with Crippen LogP contribution < -0.4 is 4.90 Å². The fourth-order valence-corrected chi connectivity index (χ4v) is 4.79. The Kier molecular flexibility index (Phi) is 5.76. The average molecular weight is 432 g/mol. The lowest BCUT2D eigenvalue weighted by atomic mass is 9.91. The first-order chi connectivity index (χ1) is 15.6. The van der Waals surface area contributed by atoms with E-state index in [-0.39, 0.29) is 5.91 Å². The maximum atomic E-state index is 13.1. The van der Waals surface area contributed by atoms with Crippen LogP contribution in [-0.4, -0.2) is 56.1 Å². The van der Waals surface area contributed by atoms with Crippen LogP contribution in [0.5, 0.6) is 0 Å². The molecule has 0 spiro atoms. The SMILES string of the molecule is O=C(c1cn(CC2(O)CCN(Cc3ccccc3)CC2)nn1)N1CCCc2ccccc21. The molecule has 2 aliphatic heterocycles. The number of carbonyl (C=O) groups excluding carboxylic acids is 1. The molecule has 2 aliphatic rings. The van der Waals surface area contributed by atoms with Crippen LogP contribution in [0.2, 0.25) is 0 Å². The predicted molar refractivity (Wildman–Crippen MR) is 122 cm³/mol. The molecule has 2 aromatic carbocycles. The van der Waals surface area contributed by atoms with Crippen molar-refractivity contribution in [2.75, 3.05) is 24.5 Å². The Morgan fingerprint density at radius 1 is 1.00 bits per heavy atom. The minimum absolute atomic E-state index is 0.131. The zero-order chi connectivity index (χ0) is 22.0. The predicted octanol–water partition coefficient (Wildman–Crippen LogP) is 2.90. The Morgan fingerprint density at radius 3 is 2.56 bits per heavy atom. The number of aliphatic hydroxyl groups is 1. The van der Waals surface area contributed by atoms with Crippen LogP contribution in [0.4, 0.5) is 5.69 Å². The third kappa shape index (κ3) is 4.45. The van der Waals surface area contributed by atoms with Gasteiger partial charge >= 0.3 is 0 Å². The van der Waals surface area contributed by atoms with E-state index in [9.17, 15) is 9.90 Å². The molecule has 0 saturated carbocycles. The maximum absolute atomic E-state index is 13.1. The van der Waals surface area contributed by atoms with Crippen LogP contribution in [0.25, 0.3) is 0 Å². The van der Waals surface area contributed by atoms with Gasteiger partial charge in [-0.15, -0.1) is 5.10 Å². The number of likely N-dealkylation sites (tertiary alicyclic amines) is 1. The van der Waals surface area contributed by atoms with Crippen molar-refractivity contribution in [1.82, 2.24) is 19.9 Å². The molecule has 0 aliphatic carbocycles. The summed E-state index contributed by atoms with van der Waals surface area (Å²) in [5.74, 6) is -0.131. The smallest absolute Gasteiger partial charge is 0.280 e. The van der Waals surface area contributed by atoms with Crippen LogP contribution in [0.1, 0.15) is 40.9 Å². The number of aryl methyl sites for hydroxylation is 1. The van der Waals surface area contributed by atoms with E-state index in [1.54, 1.807) is 15.8 Å². The Bertz CT molecular complexity index is 1070. The lowest BCUT2D eigenvalue weighted by molar-refractivity contribution is -0.0383. The van der Waals surface area contributed by atoms with Crippen molar-refractivity contribution >= 4 is 11.6 Å². The first-order valence-corrected chi connectivity index (χ1v) is 11.4. The first-order valence-electron chi connectivity index (χ1n) is 11.4. The van der Waals surface area contributed by atoms with Crippen molar-refractivity contribution in [2.24, 2.45) is 0 Å². The number of fused-ring (bicyclic) bond motifs is 1. The number of hydrogen-bond acceptors (Lipinski definition) is 5. The number of aromatic nitrogens is 3. The van der Waals surface area contributed by atoms with E-state index >= 15 is 0 Å². The lowest BCUT2D eigenvalue weighted by Crippen LogP contribution is -2.46. The second kappa shape index (κ2) is 8.84. The van der Waals surface area contributed by atoms with Gasteiger partial charge in [0.15, 0.2) is 5.69 Å². The maximum Gasteiger partial charge on any atom is 0.280 e. The number of nitrogens with zero attached hydrogens (tertiary/aromatic N) is 5. The number of rotatable bonds is 5. The molecule has 1 N–H and O–H groups in total. The van der Waals surface area contributed by atoms with Crippen molar-refractivity contribution < 1.29 is 9.90 Å². The largest absolute Gasteiger partial charge is 0.388 e. The molecular formula is C25H29N5O2. The van der Waals surface area contributed by atoms with Gasteiger partial charge in [-0.1, -0.05) is 53.7 Å². The minimum atomic E-state index is -0.834. The highest BCUT2D eigenvalue weighted by atomic mass is 16.3. The van der Waals surface area contributed by atoms with Crippen molar-refractivity contribution in [3.05, 3.63) is 77.6 Å². The molecule has 7 nitrogen and oxygen atoms in total. The van der Waals surface area contributed by atoms with E-state index < -0.39 is 5.60 Å². The summed E-state index contributed by atoms with van der Waals surface area (Å²) in [5.41, 5.74) is 2.93. The Balaban J connectivity index is 1.21. The van der Waals surface area contributed by atoms with Gasteiger partial charge in [0.1, 0.15) is 0 Å². The van der Waals surface area contributed by atoms with Crippen LogP contribution in [0, 0.1) is 0 Å². The fourth-order valence-electron chi connectivity index (χ4n) is 4.79. The third-order valence-corrected chi connectivity index (χ3v) is 6.61. The normalized spacial score (nSPS) is 18.3. The van der Waals surface area contributed by atoms with Crippen molar-refractivity contribution in [2.45, 2.75) is 44.4 Å². The number of anilines is 1. The summed E-state index contributed by atoms with van der Waals surface area (Å²) < 4.78 is 1.62. The van der Waals surface area contributed by atoms with Gasteiger partial charge in [0, 0.05) is 31.9 Å². The van der Waals surface area contributed by atoms with Crippen molar-refractivity contribution in [3.63, 3.8) is 0 Å². The highest BCUT2D eigenvalue weighted by Crippen LogP contribution is 2.28. The summed E-state index contributed by atoms with van der Waals surface area (Å²) in [7, 11) is 0. The Hall–Kier alpha value is -3.03. The summed E-state index contributed by atoms with van der Waals surface area (Å²) >= 11 is 0. The molecule has 166 valence electrons. The average Bonchev–Trinajstić information content (AvgIpc) is 3.28. The number of hydrogen-bond donors (Lipinski definition) is 1. The van der Waals surface area contributed by atoms with Gasteiger partial charge in [-0.2, -0.15) is 0 Å². The van der Waals surface area contributed by atoms with E-state index in [2.05, 4.69) is 45.5 Å². The molecule has 3 heterocycles. The molecule has 1 saturated heterocycles. The molecular weight excluding hydrogens is 402 g/mol. The van der Waals surface area contributed by atoms with Gasteiger partial charge in [0.05, 0.1) is 18.3 Å². The molecule has 32 heavy (non-hydrogen) atoms. The van der Waals surface area contributed by atoms with Gasteiger partial charge in [0.25, 0.3) is 5.91 Å². The van der Waals surface area contributed by atoms with E-state index in [4.69, 9.17) is 0 Å². The highest BCUT2D eigenvalue weighted by molar-refractivity contribution is 6.05. The molecule has 0 bridgehead atoms. The van der Waals surface area contributed by atoms with Crippen LogP contribution in [0.15, 0.2) is 60.8 Å². The molecule has 3 aromatic rings. The standard InChI is InChI=1S/C25H29N5O2/c31-24(30-14-6-10-21-9-4-5-11-23(21)30)22-18-29(27-26-22)19-25(32)12-15-28(16-13-25)17-20-7-2-1-3-8-20/h1-5,7-9,11,18,32H,6,10,12-17,19H2. The van der Waals surface area contributed by atoms with Gasteiger partial charge in [-0.05, 0) is 42.9 Å². The Labute approximate surface area is 188 Å². The second-order valence-electron chi connectivity index (χ2n) is 8.98. The van der Waals surface area contributed by atoms with Gasteiger partial charge in [0.2, 0.25) is 0 Å². The summed E-state index contributed by atoms with van der Waals surface area (Å²) in [6.45, 7) is 3.59. The van der Waals surface area contributed by atoms with Crippen LogP contribution in [-0.2, 0) is 19.5 Å². The lowest BCUT2D eigenvalue weighted by Gasteiger charge is -2.38. The molecule has 1 amide bonds. The molecule has 0 radical (unpaired) electrons. The second-order valence-corrected chi connectivity index (χ2v) is 8.98. The molecule has 0 unspecified atom stereocenters. The minimum Gasteiger partial charge on any atom is -0.388 e. The Morgan fingerprint density at radius 2 is 1.75 bits per heavy atom. The van der Waals surface area contributed by atoms with E-state index in [0.717, 1.165) is 38.2 Å². The number of benzene rings is 2. The van der Waals surface area contributed by atoms with Crippen LogP contribution in [0.3, 0.4) is 0 Å². The number of carbonyl (C=O) groups is 1. The zero-order valence-electron chi connectivity index (χ0n) is 18.2. The van der Waals surface area contributed by atoms with Gasteiger partial charge < -0.3 is 10.0 Å². The fraction of sp³-hybridized carbons (Fsp3) is 0.400. The van der Waals surface area contributed by atoms with E-state index in [0.29, 0.717) is 31.6 Å². The van der Waals surface area contributed by atoms with E-state index in [1.807, 2.05) is 24.3 Å². The molecule has 5 rings (SSSR count). The summed E-state index contributed by atoms with van der Waals surface area (Å²) in [6.07, 6.45) is 4.94. The molecule has 7 heteroatoms. The monoisotopic (exact) mass is 431 g/mol. The highest BCUT2D eigenvalue weighted by Gasteiger charge is 2.34. The van der Waals surface area contributed by atoms with E-state index in [1.165, 1.54) is 11.1 Å². The topological polar surface area (TPSA) is 74.5 Å². The summed E-state index contributed by atoms with van der Waals surface area (Å²) in [5, 5.41) is 19.4. The quantitative estimate of drug-likeness (QED) is 0.672. The molecule has 0 atom stereocenters. The summed E-state index contributed by atoms with van der Waals surface area (Å²) in [6, 6.07) is 18.4. The van der Waals surface area contributed by atoms with Gasteiger partial charge in [-0.3, -0.25) is 9.69 Å². The summed E-state index contributed by atoms with van der Waals surface area (Å²) in [4.78, 5) is 17.3. The number of para-hydroxylation sites is 1. The third-order valence-electron chi connectivity index (χ3n) is 6.61. The first kappa shape index (κ1) is 20.8. The molecule has 1 fully saturated rings. The van der Waals surface area contributed by atoms with Gasteiger partial charge in [-0.25, -0.2) is 4.68 Å².